The number of rotatable bonds is 5. The SMILES string of the molecule is Cc1c(NC(=S)NC(=O)COc2ccccc2)cccc1-c1nc2cc(Cl)ccc2o1.O. The fourth-order valence-electron chi connectivity index (χ4n) is 3.00. The van der Waals surface area contributed by atoms with E-state index in [0.717, 1.165) is 16.8 Å². The largest absolute Gasteiger partial charge is 0.484 e. The number of ether oxygens (including phenoxy) is 1. The van der Waals surface area contributed by atoms with Crippen LogP contribution in [0.15, 0.2) is 71.1 Å². The second-order valence-corrected chi connectivity index (χ2v) is 7.56. The number of amides is 1. The van der Waals surface area contributed by atoms with Gasteiger partial charge in [0, 0.05) is 16.3 Å². The molecule has 3 aromatic carbocycles. The Balaban J connectivity index is 0.00000289. The van der Waals surface area contributed by atoms with Gasteiger partial charge in [-0.25, -0.2) is 4.98 Å². The summed E-state index contributed by atoms with van der Waals surface area (Å²) in [6, 6.07) is 20.0. The Labute approximate surface area is 194 Å². The average molecular weight is 470 g/mol. The molecule has 0 bridgehead atoms. The van der Waals surface area contributed by atoms with Gasteiger partial charge in [0.1, 0.15) is 11.3 Å². The summed E-state index contributed by atoms with van der Waals surface area (Å²) in [5.74, 6) is 0.732. The summed E-state index contributed by atoms with van der Waals surface area (Å²) in [6.07, 6.45) is 0. The number of fused-ring (bicyclic) bond motifs is 1. The van der Waals surface area contributed by atoms with Gasteiger partial charge in [0.15, 0.2) is 17.3 Å². The van der Waals surface area contributed by atoms with E-state index in [1.54, 1.807) is 30.3 Å². The number of para-hydroxylation sites is 1. The topological polar surface area (TPSA) is 108 Å². The molecule has 1 aromatic heterocycles. The molecule has 164 valence electrons. The Morgan fingerprint density at radius 3 is 2.69 bits per heavy atom. The van der Waals surface area contributed by atoms with E-state index in [1.807, 2.05) is 43.3 Å². The molecule has 4 aromatic rings. The molecule has 0 aliphatic carbocycles. The number of carbonyl (C=O) groups is 1. The van der Waals surface area contributed by atoms with Gasteiger partial charge in [0.2, 0.25) is 5.89 Å². The zero-order chi connectivity index (χ0) is 21.8. The number of anilines is 1. The number of thiocarbonyl (C=S) groups is 1. The number of benzene rings is 3. The first-order valence-corrected chi connectivity index (χ1v) is 10.2. The van der Waals surface area contributed by atoms with Crippen LogP contribution < -0.4 is 15.4 Å². The van der Waals surface area contributed by atoms with Crippen molar-refractivity contribution in [2.75, 3.05) is 11.9 Å². The Morgan fingerprint density at radius 2 is 1.91 bits per heavy atom. The number of hydrogen-bond donors (Lipinski definition) is 2. The molecule has 9 heteroatoms. The predicted molar refractivity (Wildman–Crippen MR) is 129 cm³/mol. The van der Waals surface area contributed by atoms with Crippen LogP contribution in [0.25, 0.3) is 22.6 Å². The number of nitrogens with one attached hydrogen (secondary N) is 2. The highest BCUT2D eigenvalue weighted by molar-refractivity contribution is 7.80. The van der Waals surface area contributed by atoms with Gasteiger partial charge in [-0.15, -0.1) is 0 Å². The van der Waals surface area contributed by atoms with Gasteiger partial charge < -0.3 is 19.9 Å². The summed E-state index contributed by atoms with van der Waals surface area (Å²) in [6.45, 7) is 1.78. The third-order valence-corrected chi connectivity index (χ3v) is 4.97. The zero-order valence-electron chi connectivity index (χ0n) is 17.0. The van der Waals surface area contributed by atoms with Crippen LogP contribution in [0.5, 0.6) is 5.75 Å². The van der Waals surface area contributed by atoms with E-state index in [9.17, 15) is 4.79 Å². The van der Waals surface area contributed by atoms with Crippen LogP contribution in [0.2, 0.25) is 5.02 Å². The van der Waals surface area contributed by atoms with Crippen LogP contribution in [0.4, 0.5) is 5.69 Å². The van der Waals surface area contributed by atoms with E-state index in [-0.39, 0.29) is 23.1 Å². The Hall–Kier alpha value is -3.46. The molecule has 0 aliphatic rings. The second kappa shape index (κ2) is 10.2. The van der Waals surface area contributed by atoms with Crippen molar-refractivity contribution in [1.29, 1.82) is 0 Å². The van der Waals surface area contributed by atoms with Gasteiger partial charge in [-0.1, -0.05) is 35.9 Å². The highest BCUT2D eigenvalue weighted by Crippen LogP contribution is 2.31. The minimum atomic E-state index is -0.356. The lowest BCUT2D eigenvalue weighted by atomic mass is 10.1. The lowest BCUT2D eigenvalue weighted by Crippen LogP contribution is -2.37. The molecule has 1 amide bonds. The first-order chi connectivity index (χ1) is 15.0. The quantitative estimate of drug-likeness (QED) is 0.416. The minimum absolute atomic E-state index is 0. The van der Waals surface area contributed by atoms with Crippen molar-refractivity contribution in [1.82, 2.24) is 10.3 Å². The normalized spacial score (nSPS) is 10.3. The van der Waals surface area contributed by atoms with Crippen molar-refractivity contribution in [2.24, 2.45) is 0 Å². The van der Waals surface area contributed by atoms with Gasteiger partial charge in [-0.3, -0.25) is 10.1 Å². The number of halogens is 1. The molecular weight excluding hydrogens is 450 g/mol. The molecule has 0 spiro atoms. The average Bonchev–Trinajstić information content (AvgIpc) is 3.17. The standard InChI is InChI=1S/C23H18ClN3O3S.H2O/c1-14-17(22-25-19-12-15(24)10-11-20(19)30-22)8-5-9-18(14)26-23(31)27-21(28)13-29-16-6-3-2-4-7-16;/h2-12H,13H2,1H3,(H2,26,27,28,31);1H2. The molecule has 0 unspecified atom stereocenters. The Bertz CT molecular complexity index is 1260. The summed E-state index contributed by atoms with van der Waals surface area (Å²) < 4.78 is 11.3. The lowest BCUT2D eigenvalue weighted by Gasteiger charge is -2.13. The van der Waals surface area contributed by atoms with Crippen LogP contribution in [-0.4, -0.2) is 28.1 Å². The maximum atomic E-state index is 12.1. The van der Waals surface area contributed by atoms with E-state index in [2.05, 4.69) is 15.6 Å². The van der Waals surface area contributed by atoms with Crippen LogP contribution >= 0.6 is 23.8 Å². The van der Waals surface area contributed by atoms with E-state index in [1.165, 1.54) is 0 Å². The molecule has 32 heavy (non-hydrogen) atoms. The first kappa shape index (κ1) is 23.2. The molecule has 0 atom stereocenters. The summed E-state index contributed by atoms with van der Waals surface area (Å²) >= 11 is 11.3. The van der Waals surface area contributed by atoms with Gasteiger partial charge in [-0.2, -0.15) is 0 Å². The van der Waals surface area contributed by atoms with E-state index < -0.39 is 0 Å². The number of nitrogens with zero attached hydrogens (tertiary/aromatic N) is 1. The first-order valence-electron chi connectivity index (χ1n) is 9.44. The fraction of sp³-hybridized carbons (Fsp3) is 0.0870. The third-order valence-electron chi connectivity index (χ3n) is 4.53. The molecule has 0 radical (unpaired) electrons. The van der Waals surface area contributed by atoms with E-state index in [0.29, 0.717) is 27.8 Å². The van der Waals surface area contributed by atoms with Gasteiger partial charge in [0.25, 0.3) is 5.91 Å². The smallest absolute Gasteiger partial charge is 0.264 e. The number of aromatic nitrogens is 1. The monoisotopic (exact) mass is 469 g/mol. The van der Waals surface area contributed by atoms with E-state index in [4.69, 9.17) is 33.0 Å². The van der Waals surface area contributed by atoms with Crippen LogP contribution in [0.3, 0.4) is 0 Å². The van der Waals surface area contributed by atoms with Crippen LogP contribution in [0.1, 0.15) is 5.56 Å². The maximum Gasteiger partial charge on any atom is 0.264 e. The lowest BCUT2D eigenvalue weighted by molar-refractivity contribution is -0.121. The fourth-order valence-corrected chi connectivity index (χ4v) is 3.39. The molecule has 4 rings (SSSR count). The molecule has 0 saturated heterocycles. The highest BCUT2D eigenvalue weighted by Gasteiger charge is 2.14. The summed E-state index contributed by atoms with van der Waals surface area (Å²) in [7, 11) is 0. The van der Waals surface area contributed by atoms with Crippen molar-refractivity contribution in [3.05, 3.63) is 77.3 Å². The minimum Gasteiger partial charge on any atom is -0.484 e. The number of hydrogen-bond acceptors (Lipinski definition) is 5. The molecule has 7 nitrogen and oxygen atoms in total. The molecule has 4 N–H and O–H groups in total. The predicted octanol–water partition coefficient (Wildman–Crippen LogP) is 4.52. The number of oxazole rings is 1. The van der Waals surface area contributed by atoms with Crippen molar-refractivity contribution >= 4 is 51.6 Å². The van der Waals surface area contributed by atoms with E-state index >= 15 is 0 Å². The van der Waals surface area contributed by atoms with Crippen molar-refractivity contribution in [2.45, 2.75) is 6.92 Å². The van der Waals surface area contributed by atoms with Gasteiger partial charge in [0.05, 0.1) is 0 Å². The molecule has 0 fully saturated rings. The Morgan fingerprint density at radius 1 is 1.12 bits per heavy atom. The second-order valence-electron chi connectivity index (χ2n) is 6.71. The summed E-state index contributed by atoms with van der Waals surface area (Å²) in [5.41, 5.74) is 3.74. The molecular formula is C23H20ClN3O4S. The molecule has 0 aliphatic heterocycles. The molecule has 1 heterocycles. The van der Waals surface area contributed by atoms with Crippen LogP contribution in [-0.2, 0) is 4.79 Å². The van der Waals surface area contributed by atoms with Crippen molar-refractivity contribution in [3.63, 3.8) is 0 Å². The molecule has 0 saturated carbocycles. The Kier molecular flexibility index (Phi) is 7.42. The number of carbonyl (C=O) groups excluding carboxylic acids is 1. The zero-order valence-corrected chi connectivity index (χ0v) is 18.6. The highest BCUT2D eigenvalue weighted by atomic mass is 35.5. The summed E-state index contributed by atoms with van der Waals surface area (Å²) in [5, 5.41) is 6.43. The summed E-state index contributed by atoms with van der Waals surface area (Å²) in [4.78, 5) is 16.6. The van der Waals surface area contributed by atoms with Crippen molar-refractivity contribution < 1.29 is 19.4 Å². The van der Waals surface area contributed by atoms with Gasteiger partial charge in [-0.05, 0) is 67.2 Å². The maximum absolute atomic E-state index is 12.1. The van der Waals surface area contributed by atoms with Gasteiger partial charge >= 0.3 is 0 Å². The third kappa shape index (κ3) is 5.42. The van der Waals surface area contributed by atoms with Crippen LogP contribution in [0, 0.1) is 6.92 Å². The van der Waals surface area contributed by atoms with Crippen molar-refractivity contribution in [3.8, 4) is 17.2 Å².